The molecule has 1 aliphatic rings. The van der Waals surface area contributed by atoms with Gasteiger partial charge in [0.05, 0.1) is 5.69 Å². The van der Waals surface area contributed by atoms with Gasteiger partial charge in [-0.2, -0.15) is 0 Å². The Morgan fingerprint density at radius 1 is 1.55 bits per heavy atom. The zero-order valence-corrected chi connectivity index (χ0v) is 6.68. The molecule has 0 radical (unpaired) electrons. The van der Waals surface area contributed by atoms with Crippen molar-refractivity contribution >= 4 is 0 Å². The van der Waals surface area contributed by atoms with Gasteiger partial charge in [0.2, 0.25) is 0 Å². The number of rotatable bonds is 0. The lowest BCUT2D eigenvalue weighted by Gasteiger charge is -1.93. The van der Waals surface area contributed by atoms with Gasteiger partial charge in [-0.05, 0) is 13.0 Å². The van der Waals surface area contributed by atoms with Crippen molar-refractivity contribution in [3.63, 3.8) is 0 Å². The Morgan fingerprint density at radius 2 is 2.45 bits per heavy atom. The predicted molar refractivity (Wildman–Crippen MR) is 41.3 cm³/mol. The third kappa shape index (κ3) is 1.28. The summed E-state index contributed by atoms with van der Waals surface area (Å²) in [7, 11) is 0. The topological polar surface area (TPSA) is 38.1 Å². The lowest BCUT2D eigenvalue weighted by Crippen LogP contribution is -2.12. The van der Waals surface area contributed by atoms with Crippen molar-refractivity contribution in [1.29, 1.82) is 0 Å². The SMILES string of the molecule is Cc1nc2c(o1)CCCNC2. The molecule has 0 fully saturated rings. The fourth-order valence-electron chi connectivity index (χ4n) is 1.43. The highest BCUT2D eigenvalue weighted by molar-refractivity contribution is 5.10. The Labute approximate surface area is 65.8 Å². The van der Waals surface area contributed by atoms with E-state index in [-0.39, 0.29) is 0 Å². The summed E-state index contributed by atoms with van der Waals surface area (Å²) in [6, 6.07) is 0. The number of oxazole rings is 1. The Balaban J connectivity index is 2.32. The maximum absolute atomic E-state index is 5.43. The van der Waals surface area contributed by atoms with Gasteiger partial charge in [0.15, 0.2) is 5.89 Å². The summed E-state index contributed by atoms with van der Waals surface area (Å²) in [5.74, 6) is 1.87. The van der Waals surface area contributed by atoms with Crippen molar-refractivity contribution in [3.8, 4) is 0 Å². The number of nitrogens with zero attached hydrogens (tertiary/aromatic N) is 1. The van der Waals surface area contributed by atoms with E-state index >= 15 is 0 Å². The fourth-order valence-corrected chi connectivity index (χ4v) is 1.43. The Bertz CT molecular complexity index is 231. The van der Waals surface area contributed by atoms with E-state index in [1.807, 2.05) is 6.92 Å². The van der Waals surface area contributed by atoms with Crippen LogP contribution in [-0.2, 0) is 13.0 Å². The maximum Gasteiger partial charge on any atom is 0.191 e. The minimum atomic E-state index is 0.790. The molecule has 3 heteroatoms. The molecule has 0 saturated carbocycles. The molecular weight excluding hydrogens is 140 g/mol. The van der Waals surface area contributed by atoms with Crippen molar-refractivity contribution in [2.24, 2.45) is 0 Å². The number of fused-ring (bicyclic) bond motifs is 1. The number of hydrogen-bond acceptors (Lipinski definition) is 3. The highest BCUT2D eigenvalue weighted by Gasteiger charge is 2.12. The van der Waals surface area contributed by atoms with Gasteiger partial charge >= 0.3 is 0 Å². The first kappa shape index (κ1) is 6.85. The van der Waals surface area contributed by atoms with Crippen molar-refractivity contribution in [1.82, 2.24) is 10.3 Å². The summed E-state index contributed by atoms with van der Waals surface area (Å²) in [4.78, 5) is 4.28. The third-order valence-electron chi connectivity index (χ3n) is 1.94. The molecule has 60 valence electrons. The zero-order valence-electron chi connectivity index (χ0n) is 6.68. The van der Waals surface area contributed by atoms with Gasteiger partial charge in [-0.3, -0.25) is 0 Å². The Kier molecular flexibility index (Phi) is 1.66. The van der Waals surface area contributed by atoms with Crippen LogP contribution in [0.4, 0.5) is 0 Å². The molecule has 0 spiro atoms. The van der Waals surface area contributed by atoms with E-state index in [1.165, 1.54) is 0 Å². The quantitative estimate of drug-likeness (QED) is 0.603. The molecule has 0 bridgehead atoms. The molecule has 3 nitrogen and oxygen atoms in total. The van der Waals surface area contributed by atoms with E-state index in [4.69, 9.17) is 4.42 Å². The van der Waals surface area contributed by atoms with E-state index in [2.05, 4.69) is 10.3 Å². The minimum Gasteiger partial charge on any atom is -0.446 e. The van der Waals surface area contributed by atoms with Crippen molar-refractivity contribution < 1.29 is 4.42 Å². The van der Waals surface area contributed by atoms with Crippen LogP contribution in [0.25, 0.3) is 0 Å². The standard InChI is InChI=1S/C8H12N2O/c1-6-10-7-5-9-4-2-3-8(7)11-6/h9H,2-5H2,1H3. The van der Waals surface area contributed by atoms with Crippen LogP contribution in [0.5, 0.6) is 0 Å². The van der Waals surface area contributed by atoms with Crippen LogP contribution in [0.2, 0.25) is 0 Å². The van der Waals surface area contributed by atoms with Gasteiger partial charge in [0, 0.05) is 19.9 Å². The molecule has 0 atom stereocenters. The first-order chi connectivity index (χ1) is 5.36. The largest absolute Gasteiger partial charge is 0.446 e. The fraction of sp³-hybridized carbons (Fsp3) is 0.625. The molecule has 2 rings (SSSR count). The second-order valence-corrected chi connectivity index (χ2v) is 2.88. The lowest BCUT2D eigenvalue weighted by atomic mass is 10.2. The molecule has 0 aromatic carbocycles. The van der Waals surface area contributed by atoms with Crippen molar-refractivity contribution in [3.05, 3.63) is 17.3 Å². The lowest BCUT2D eigenvalue weighted by molar-refractivity contribution is 0.470. The van der Waals surface area contributed by atoms with Crippen LogP contribution in [0, 0.1) is 6.92 Å². The smallest absolute Gasteiger partial charge is 0.191 e. The summed E-state index contributed by atoms with van der Waals surface area (Å²) in [6.45, 7) is 3.84. The second kappa shape index (κ2) is 2.66. The van der Waals surface area contributed by atoms with Crippen LogP contribution in [0.1, 0.15) is 23.8 Å². The molecule has 0 amide bonds. The maximum atomic E-state index is 5.43. The molecule has 0 aliphatic carbocycles. The molecule has 1 aromatic rings. The Morgan fingerprint density at radius 3 is 3.36 bits per heavy atom. The van der Waals surface area contributed by atoms with E-state index in [0.717, 1.165) is 43.3 Å². The molecule has 1 aliphatic heterocycles. The first-order valence-electron chi connectivity index (χ1n) is 4.02. The van der Waals surface area contributed by atoms with Gasteiger partial charge in [-0.1, -0.05) is 0 Å². The van der Waals surface area contributed by atoms with Crippen LogP contribution in [-0.4, -0.2) is 11.5 Å². The summed E-state index contributed by atoms with van der Waals surface area (Å²) < 4.78 is 5.43. The Hall–Kier alpha value is -0.830. The van der Waals surface area contributed by atoms with Crippen LogP contribution in [0.3, 0.4) is 0 Å². The summed E-state index contributed by atoms with van der Waals surface area (Å²) in [5, 5.41) is 3.29. The monoisotopic (exact) mass is 152 g/mol. The third-order valence-corrected chi connectivity index (χ3v) is 1.94. The van der Waals surface area contributed by atoms with Crippen molar-refractivity contribution in [2.45, 2.75) is 26.3 Å². The van der Waals surface area contributed by atoms with E-state index < -0.39 is 0 Å². The average molecular weight is 152 g/mol. The molecule has 1 aromatic heterocycles. The molecular formula is C8H12N2O. The number of nitrogens with one attached hydrogen (secondary N) is 1. The van der Waals surface area contributed by atoms with Gasteiger partial charge in [0.1, 0.15) is 5.76 Å². The number of hydrogen-bond donors (Lipinski definition) is 1. The predicted octanol–water partition coefficient (Wildman–Crippen LogP) is 1.02. The minimum absolute atomic E-state index is 0.790. The van der Waals surface area contributed by atoms with Gasteiger partial charge in [-0.15, -0.1) is 0 Å². The average Bonchev–Trinajstić information content (AvgIpc) is 2.17. The zero-order chi connectivity index (χ0) is 7.68. The van der Waals surface area contributed by atoms with Crippen LogP contribution >= 0.6 is 0 Å². The molecule has 1 N–H and O–H groups in total. The highest BCUT2D eigenvalue weighted by atomic mass is 16.4. The number of aromatic nitrogens is 1. The summed E-state index contributed by atoms with van der Waals surface area (Å²) in [6.07, 6.45) is 2.19. The van der Waals surface area contributed by atoms with E-state index in [0.29, 0.717) is 0 Å². The summed E-state index contributed by atoms with van der Waals surface area (Å²) >= 11 is 0. The van der Waals surface area contributed by atoms with Gasteiger partial charge in [-0.25, -0.2) is 4.98 Å². The van der Waals surface area contributed by atoms with Crippen molar-refractivity contribution in [2.75, 3.05) is 6.54 Å². The second-order valence-electron chi connectivity index (χ2n) is 2.88. The highest BCUT2D eigenvalue weighted by Crippen LogP contribution is 2.14. The molecule has 0 unspecified atom stereocenters. The van der Waals surface area contributed by atoms with E-state index in [9.17, 15) is 0 Å². The van der Waals surface area contributed by atoms with Crippen LogP contribution in [0.15, 0.2) is 4.42 Å². The normalized spacial score (nSPS) is 17.5. The number of aryl methyl sites for hydroxylation is 2. The first-order valence-corrected chi connectivity index (χ1v) is 4.02. The van der Waals surface area contributed by atoms with Crippen LogP contribution < -0.4 is 5.32 Å². The molecule has 2 heterocycles. The van der Waals surface area contributed by atoms with Gasteiger partial charge in [0.25, 0.3) is 0 Å². The molecule has 11 heavy (non-hydrogen) atoms. The van der Waals surface area contributed by atoms with E-state index in [1.54, 1.807) is 0 Å². The van der Waals surface area contributed by atoms with Gasteiger partial charge < -0.3 is 9.73 Å². The molecule has 0 saturated heterocycles. The summed E-state index contributed by atoms with van der Waals surface area (Å²) in [5.41, 5.74) is 1.10.